The second-order valence-electron chi connectivity index (χ2n) is 3.87. The third kappa shape index (κ3) is 3.50. The van der Waals surface area contributed by atoms with Crippen molar-refractivity contribution in [2.45, 2.75) is 6.92 Å². The average Bonchev–Trinajstić information content (AvgIpc) is 2.48. The first-order valence-electron chi connectivity index (χ1n) is 6.10. The zero-order valence-electron chi connectivity index (χ0n) is 11.1. The maximum absolute atomic E-state index is 11.5. The van der Waals surface area contributed by atoms with Crippen LogP contribution < -0.4 is 10.1 Å². The van der Waals surface area contributed by atoms with Gasteiger partial charge in [-0.1, -0.05) is 0 Å². The molecule has 0 atom stereocenters. The summed E-state index contributed by atoms with van der Waals surface area (Å²) in [5.74, 6) is -1.44. The van der Waals surface area contributed by atoms with Crippen molar-refractivity contribution in [2.75, 3.05) is 6.54 Å². The highest BCUT2D eigenvalue weighted by Crippen LogP contribution is 2.21. The monoisotopic (exact) mass is 288 g/mol. The van der Waals surface area contributed by atoms with E-state index in [2.05, 4.69) is 20.5 Å². The molecule has 2 N–H and O–H groups in total. The molecule has 8 nitrogen and oxygen atoms in total. The average molecular weight is 288 g/mol. The number of aromatic nitrogens is 3. The van der Waals surface area contributed by atoms with Crippen molar-refractivity contribution >= 4 is 11.9 Å². The minimum Gasteiger partial charge on any atom is -0.476 e. The number of hydrogen-bond donors (Lipinski definition) is 2. The Labute approximate surface area is 119 Å². The highest BCUT2D eigenvalue weighted by Gasteiger charge is 2.14. The maximum atomic E-state index is 11.5. The van der Waals surface area contributed by atoms with Crippen LogP contribution in [0, 0.1) is 0 Å². The summed E-state index contributed by atoms with van der Waals surface area (Å²) in [6.07, 6.45) is 1.35. The van der Waals surface area contributed by atoms with Crippen molar-refractivity contribution in [3.63, 3.8) is 0 Å². The van der Waals surface area contributed by atoms with Gasteiger partial charge in [-0.25, -0.2) is 9.78 Å². The normalized spacial score (nSPS) is 9.95. The summed E-state index contributed by atoms with van der Waals surface area (Å²) in [4.78, 5) is 26.2. The Morgan fingerprint density at radius 1 is 1.29 bits per heavy atom. The smallest absolute Gasteiger partial charge is 0.358 e. The Balaban J connectivity index is 2.18. The lowest BCUT2D eigenvalue weighted by Crippen LogP contribution is -2.23. The lowest BCUT2D eigenvalue weighted by Gasteiger charge is -2.06. The summed E-state index contributed by atoms with van der Waals surface area (Å²) in [6, 6.07) is 5.86. The minimum absolute atomic E-state index is 0.0464. The summed E-state index contributed by atoms with van der Waals surface area (Å²) in [5, 5.41) is 19.0. The third-order valence-electron chi connectivity index (χ3n) is 2.40. The van der Waals surface area contributed by atoms with Crippen LogP contribution in [0.15, 0.2) is 30.5 Å². The van der Waals surface area contributed by atoms with E-state index in [9.17, 15) is 9.59 Å². The number of nitrogens with one attached hydrogen (secondary N) is 1. The maximum Gasteiger partial charge on any atom is 0.358 e. The van der Waals surface area contributed by atoms with Crippen LogP contribution in [0.5, 0.6) is 11.6 Å². The molecule has 0 radical (unpaired) electrons. The summed E-state index contributed by atoms with van der Waals surface area (Å²) in [7, 11) is 0. The Hall–Kier alpha value is -3.03. The van der Waals surface area contributed by atoms with E-state index in [1.54, 1.807) is 6.92 Å². The highest BCUT2D eigenvalue weighted by molar-refractivity contribution is 5.92. The van der Waals surface area contributed by atoms with Crippen LogP contribution in [0.4, 0.5) is 0 Å². The molecule has 0 unspecified atom stereocenters. The van der Waals surface area contributed by atoms with E-state index in [1.165, 1.54) is 30.5 Å². The molecule has 0 aliphatic heterocycles. The van der Waals surface area contributed by atoms with Gasteiger partial charge in [0.05, 0.1) is 0 Å². The predicted octanol–water partition coefficient (Wildman–Crippen LogP) is 1.11. The van der Waals surface area contributed by atoms with Crippen molar-refractivity contribution in [3.05, 3.63) is 41.9 Å². The molecule has 0 aliphatic rings. The topological polar surface area (TPSA) is 114 Å². The number of hydrogen-bond acceptors (Lipinski definition) is 6. The molecule has 0 saturated heterocycles. The molecular formula is C13H12N4O4. The Morgan fingerprint density at radius 3 is 2.71 bits per heavy atom. The van der Waals surface area contributed by atoms with Crippen LogP contribution >= 0.6 is 0 Å². The molecule has 2 aromatic rings. The van der Waals surface area contributed by atoms with Crippen molar-refractivity contribution < 1.29 is 19.4 Å². The first-order chi connectivity index (χ1) is 10.1. The highest BCUT2D eigenvalue weighted by atomic mass is 16.5. The Morgan fingerprint density at radius 2 is 2.10 bits per heavy atom. The van der Waals surface area contributed by atoms with Gasteiger partial charge in [-0.2, -0.15) is 0 Å². The van der Waals surface area contributed by atoms with Crippen LogP contribution in [0.3, 0.4) is 0 Å². The van der Waals surface area contributed by atoms with Gasteiger partial charge in [0.2, 0.25) is 5.88 Å². The molecule has 2 heterocycles. The SMILES string of the molecule is CCNC(=O)c1ccc(Oc2cccnc2C(=O)O)nn1. The lowest BCUT2D eigenvalue weighted by molar-refractivity contribution is 0.0687. The molecule has 2 aromatic heterocycles. The van der Waals surface area contributed by atoms with Crippen LogP contribution in [0.2, 0.25) is 0 Å². The Bertz CT molecular complexity index is 657. The number of carboxylic acids is 1. The van der Waals surface area contributed by atoms with E-state index >= 15 is 0 Å². The van der Waals surface area contributed by atoms with Gasteiger partial charge in [0.25, 0.3) is 5.91 Å². The van der Waals surface area contributed by atoms with Crippen molar-refractivity contribution in [1.29, 1.82) is 0 Å². The van der Waals surface area contributed by atoms with Gasteiger partial charge in [-0.3, -0.25) is 4.79 Å². The van der Waals surface area contributed by atoms with E-state index in [0.717, 1.165) is 0 Å². The van der Waals surface area contributed by atoms with Gasteiger partial charge in [0.15, 0.2) is 17.1 Å². The van der Waals surface area contributed by atoms with E-state index in [4.69, 9.17) is 9.84 Å². The number of carboxylic acid groups (broad SMARTS) is 1. The quantitative estimate of drug-likeness (QED) is 0.846. The second kappa shape index (κ2) is 6.42. The summed E-state index contributed by atoms with van der Waals surface area (Å²) in [6.45, 7) is 2.27. The molecule has 108 valence electrons. The molecule has 2 rings (SSSR count). The van der Waals surface area contributed by atoms with Crippen LogP contribution in [0.1, 0.15) is 27.9 Å². The van der Waals surface area contributed by atoms with Gasteiger partial charge < -0.3 is 15.2 Å². The van der Waals surface area contributed by atoms with E-state index in [0.29, 0.717) is 6.54 Å². The molecule has 1 amide bonds. The first-order valence-corrected chi connectivity index (χ1v) is 6.10. The first kappa shape index (κ1) is 14.4. The molecule has 0 spiro atoms. The van der Waals surface area contributed by atoms with Gasteiger partial charge in [0, 0.05) is 18.8 Å². The van der Waals surface area contributed by atoms with Gasteiger partial charge >= 0.3 is 5.97 Å². The fourth-order valence-corrected chi connectivity index (χ4v) is 1.49. The fourth-order valence-electron chi connectivity index (χ4n) is 1.49. The number of carbonyl (C=O) groups excluding carboxylic acids is 1. The molecule has 0 aromatic carbocycles. The molecule has 0 aliphatic carbocycles. The van der Waals surface area contributed by atoms with E-state index in [-0.39, 0.29) is 28.9 Å². The van der Waals surface area contributed by atoms with Gasteiger partial charge in [-0.05, 0) is 25.1 Å². The van der Waals surface area contributed by atoms with Gasteiger partial charge in [0.1, 0.15) is 0 Å². The molecule has 8 heteroatoms. The summed E-state index contributed by atoms with van der Waals surface area (Å²) in [5.41, 5.74) is -0.0825. The minimum atomic E-state index is -1.21. The number of nitrogens with zero attached hydrogens (tertiary/aromatic N) is 3. The standard InChI is InChI=1S/C13H12N4O4/c1-2-14-12(18)8-5-6-10(17-16-8)21-9-4-3-7-15-11(9)13(19)20/h3-7H,2H2,1H3,(H,14,18)(H,19,20). The number of carbonyl (C=O) groups is 2. The number of rotatable bonds is 5. The zero-order valence-corrected chi connectivity index (χ0v) is 11.1. The van der Waals surface area contributed by atoms with Crippen LogP contribution in [0.25, 0.3) is 0 Å². The largest absolute Gasteiger partial charge is 0.476 e. The molecule has 0 fully saturated rings. The number of ether oxygens (including phenoxy) is 1. The number of pyridine rings is 1. The summed E-state index contributed by atoms with van der Waals surface area (Å²) >= 11 is 0. The molecular weight excluding hydrogens is 276 g/mol. The number of amides is 1. The van der Waals surface area contributed by atoms with Crippen molar-refractivity contribution in [2.24, 2.45) is 0 Å². The Kier molecular flexibility index (Phi) is 4.39. The zero-order chi connectivity index (χ0) is 15.2. The third-order valence-corrected chi connectivity index (χ3v) is 2.40. The predicted molar refractivity (Wildman–Crippen MR) is 71.3 cm³/mol. The molecule has 0 bridgehead atoms. The number of aromatic carboxylic acids is 1. The lowest BCUT2D eigenvalue weighted by atomic mass is 10.3. The fraction of sp³-hybridized carbons (Fsp3) is 0.154. The van der Waals surface area contributed by atoms with Gasteiger partial charge in [-0.15, -0.1) is 10.2 Å². The van der Waals surface area contributed by atoms with E-state index in [1.807, 2.05) is 0 Å². The summed E-state index contributed by atoms with van der Waals surface area (Å²) < 4.78 is 5.32. The van der Waals surface area contributed by atoms with Crippen molar-refractivity contribution in [1.82, 2.24) is 20.5 Å². The van der Waals surface area contributed by atoms with Crippen LogP contribution in [-0.2, 0) is 0 Å². The molecule has 0 saturated carbocycles. The van der Waals surface area contributed by atoms with Crippen LogP contribution in [-0.4, -0.2) is 38.7 Å². The van der Waals surface area contributed by atoms with Crippen molar-refractivity contribution in [3.8, 4) is 11.6 Å². The van der Waals surface area contributed by atoms with E-state index < -0.39 is 5.97 Å². The molecule has 21 heavy (non-hydrogen) atoms. The second-order valence-corrected chi connectivity index (χ2v) is 3.87.